The van der Waals surface area contributed by atoms with Gasteiger partial charge in [-0.15, -0.1) is 0 Å². The van der Waals surface area contributed by atoms with Crippen LogP contribution in [0.2, 0.25) is 0 Å². The van der Waals surface area contributed by atoms with E-state index < -0.39 is 0 Å². The van der Waals surface area contributed by atoms with Crippen molar-refractivity contribution >= 4 is 34.1 Å². The van der Waals surface area contributed by atoms with Gasteiger partial charge >= 0.3 is 0 Å². The van der Waals surface area contributed by atoms with Gasteiger partial charge < -0.3 is 29.6 Å². The minimum absolute atomic E-state index is 0.151. The molecule has 9 heteroatoms. The Morgan fingerprint density at radius 1 is 0.861 bits per heavy atom. The van der Waals surface area contributed by atoms with E-state index in [2.05, 4.69) is 25.1 Å². The lowest BCUT2D eigenvalue weighted by molar-refractivity contribution is 0.102. The van der Waals surface area contributed by atoms with E-state index in [0.29, 0.717) is 11.3 Å². The van der Waals surface area contributed by atoms with E-state index >= 15 is 0 Å². The summed E-state index contributed by atoms with van der Waals surface area (Å²) in [7, 11) is 0. The number of pyridine rings is 1. The average molecular weight is 485 g/mol. The van der Waals surface area contributed by atoms with E-state index in [0.717, 1.165) is 86.5 Å². The van der Waals surface area contributed by atoms with Crippen LogP contribution in [0.3, 0.4) is 0 Å². The molecular weight excluding hydrogens is 456 g/mol. The minimum Gasteiger partial charge on any atom is -0.378 e. The molecule has 2 N–H and O–H groups in total. The number of aromatic amines is 1. The van der Waals surface area contributed by atoms with Crippen molar-refractivity contribution in [3.8, 4) is 11.4 Å². The third-order valence-corrected chi connectivity index (χ3v) is 6.60. The topological polar surface area (TPSA) is 95.6 Å². The SMILES string of the molecule is O=C(Nc1ccc2[nH]c(-c3ccc(N4CCOCC4)nc3)nc2c1)c1ccc(N2CCOCC2)cc1. The molecule has 0 aliphatic carbocycles. The van der Waals surface area contributed by atoms with Crippen molar-refractivity contribution in [2.75, 3.05) is 67.7 Å². The number of anilines is 3. The summed E-state index contributed by atoms with van der Waals surface area (Å²) in [6, 6.07) is 17.4. The highest BCUT2D eigenvalue weighted by atomic mass is 16.5. The summed E-state index contributed by atoms with van der Waals surface area (Å²) in [5.74, 6) is 1.54. The molecule has 0 radical (unpaired) electrons. The first-order chi connectivity index (χ1) is 17.7. The quantitative estimate of drug-likeness (QED) is 0.447. The van der Waals surface area contributed by atoms with Crippen LogP contribution in [0.15, 0.2) is 60.8 Å². The lowest BCUT2D eigenvalue weighted by Gasteiger charge is -2.28. The zero-order valence-corrected chi connectivity index (χ0v) is 19.9. The van der Waals surface area contributed by atoms with Crippen molar-refractivity contribution in [2.24, 2.45) is 0 Å². The third-order valence-electron chi connectivity index (χ3n) is 6.60. The molecule has 2 aliphatic rings. The first-order valence-electron chi connectivity index (χ1n) is 12.3. The molecule has 2 aromatic heterocycles. The first kappa shape index (κ1) is 22.5. The largest absolute Gasteiger partial charge is 0.378 e. The standard InChI is InChI=1S/C27H28N6O3/c34-27(19-1-5-22(6-2-19)32-9-13-35-14-10-32)29-21-4-7-23-24(17-21)31-26(30-23)20-3-8-25(28-18-20)33-11-15-36-16-12-33/h1-8,17-18H,9-16H2,(H,29,34)(H,30,31). The predicted molar refractivity (Wildman–Crippen MR) is 140 cm³/mol. The second-order valence-corrected chi connectivity index (χ2v) is 8.92. The lowest BCUT2D eigenvalue weighted by Crippen LogP contribution is -2.36. The number of nitrogens with one attached hydrogen (secondary N) is 2. The van der Waals surface area contributed by atoms with Gasteiger partial charge in [-0.1, -0.05) is 0 Å². The molecule has 2 fully saturated rings. The smallest absolute Gasteiger partial charge is 0.255 e. The molecule has 2 aromatic carbocycles. The number of imidazole rings is 1. The molecule has 0 unspecified atom stereocenters. The van der Waals surface area contributed by atoms with Crippen LogP contribution >= 0.6 is 0 Å². The molecule has 4 heterocycles. The number of aromatic nitrogens is 3. The Bertz CT molecular complexity index is 1340. The predicted octanol–water partition coefficient (Wildman–Crippen LogP) is 3.55. The number of nitrogens with zero attached hydrogens (tertiary/aromatic N) is 4. The van der Waals surface area contributed by atoms with E-state index in [-0.39, 0.29) is 5.91 Å². The summed E-state index contributed by atoms with van der Waals surface area (Å²) in [6.45, 7) is 6.35. The summed E-state index contributed by atoms with van der Waals surface area (Å²) >= 11 is 0. The molecule has 0 atom stereocenters. The van der Waals surface area contributed by atoms with Crippen molar-refractivity contribution in [2.45, 2.75) is 0 Å². The summed E-state index contributed by atoms with van der Waals surface area (Å²) < 4.78 is 10.8. The summed E-state index contributed by atoms with van der Waals surface area (Å²) in [5.41, 5.74) is 5.00. The van der Waals surface area contributed by atoms with Gasteiger partial charge in [0.25, 0.3) is 5.91 Å². The Morgan fingerprint density at radius 3 is 2.28 bits per heavy atom. The highest BCUT2D eigenvalue weighted by Gasteiger charge is 2.15. The average Bonchev–Trinajstić information content (AvgIpc) is 3.38. The molecule has 0 saturated carbocycles. The van der Waals surface area contributed by atoms with Crippen LogP contribution in [0.5, 0.6) is 0 Å². The van der Waals surface area contributed by atoms with Crippen LogP contribution in [0, 0.1) is 0 Å². The summed E-state index contributed by atoms with van der Waals surface area (Å²) in [6.07, 6.45) is 1.84. The maximum absolute atomic E-state index is 12.8. The Hall–Kier alpha value is -3.95. The fraction of sp³-hybridized carbons (Fsp3) is 0.296. The molecule has 2 saturated heterocycles. The highest BCUT2D eigenvalue weighted by molar-refractivity contribution is 6.05. The number of morpholine rings is 2. The molecule has 6 rings (SSSR count). The van der Waals surface area contributed by atoms with Gasteiger partial charge in [0.1, 0.15) is 11.6 Å². The monoisotopic (exact) mass is 484 g/mol. The Labute approximate surface area is 209 Å². The van der Waals surface area contributed by atoms with E-state index in [1.165, 1.54) is 0 Å². The normalized spacial score (nSPS) is 16.3. The van der Waals surface area contributed by atoms with Crippen LogP contribution in [0.25, 0.3) is 22.4 Å². The fourth-order valence-corrected chi connectivity index (χ4v) is 4.57. The van der Waals surface area contributed by atoms with Gasteiger partial charge in [-0.2, -0.15) is 0 Å². The Balaban J connectivity index is 1.14. The molecule has 4 aromatic rings. The Morgan fingerprint density at radius 2 is 1.58 bits per heavy atom. The zero-order valence-electron chi connectivity index (χ0n) is 19.9. The lowest BCUT2D eigenvalue weighted by atomic mass is 10.1. The second-order valence-electron chi connectivity index (χ2n) is 8.92. The maximum Gasteiger partial charge on any atom is 0.255 e. The number of hydrogen-bond donors (Lipinski definition) is 2. The van der Waals surface area contributed by atoms with Gasteiger partial charge in [-0.05, 0) is 54.6 Å². The van der Waals surface area contributed by atoms with E-state index in [1.807, 2.05) is 60.8 Å². The van der Waals surface area contributed by atoms with Crippen molar-refractivity contribution in [3.05, 3.63) is 66.4 Å². The molecule has 36 heavy (non-hydrogen) atoms. The summed E-state index contributed by atoms with van der Waals surface area (Å²) in [5, 5.41) is 2.99. The van der Waals surface area contributed by atoms with Gasteiger partial charge in [-0.3, -0.25) is 4.79 Å². The van der Waals surface area contributed by atoms with Crippen molar-refractivity contribution in [3.63, 3.8) is 0 Å². The van der Waals surface area contributed by atoms with Crippen LogP contribution in [-0.4, -0.2) is 73.5 Å². The van der Waals surface area contributed by atoms with Crippen molar-refractivity contribution in [1.29, 1.82) is 0 Å². The molecule has 2 aliphatic heterocycles. The van der Waals surface area contributed by atoms with Crippen LogP contribution in [0.4, 0.5) is 17.2 Å². The fourth-order valence-electron chi connectivity index (χ4n) is 4.57. The Kier molecular flexibility index (Phi) is 6.23. The third kappa shape index (κ3) is 4.75. The maximum atomic E-state index is 12.8. The number of ether oxygens (including phenoxy) is 2. The number of fused-ring (bicyclic) bond motifs is 1. The number of H-pyrrole nitrogens is 1. The van der Waals surface area contributed by atoms with E-state index in [9.17, 15) is 4.79 Å². The molecular formula is C27H28N6O3. The number of hydrogen-bond acceptors (Lipinski definition) is 7. The van der Waals surface area contributed by atoms with Crippen LogP contribution in [0.1, 0.15) is 10.4 Å². The minimum atomic E-state index is -0.151. The molecule has 0 spiro atoms. The van der Waals surface area contributed by atoms with Crippen LogP contribution in [-0.2, 0) is 9.47 Å². The molecule has 0 bridgehead atoms. The second kappa shape index (κ2) is 9.96. The number of carbonyl (C=O) groups is 1. The van der Waals surface area contributed by atoms with E-state index in [1.54, 1.807) is 0 Å². The van der Waals surface area contributed by atoms with Gasteiger partial charge in [0.2, 0.25) is 0 Å². The summed E-state index contributed by atoms with van der Waals surface area (Å²) in [4.78, 5) is 30.0. The van der Waals surface area contributed by atoms with Crippen molar-refractivity contribution < 1.29 is 14.3 Å². The number of benzene rings is 2. The van der Waals surface area contributed by atoms with Gasteiger partial charge in [-0.25, -0.2) is 9.97 Å². The number of rotatable bonds is 5. The van der Waals surface area contributed by atoms with Gasteiger partial charge in [0.05, 0.1) is 37.5 Å². The highest BCUT2D eigenvalue weighted by Crippen LogP contribution is 2.25. The molecule has 1 amide bonds. The zero-order chi connectivity index (χ0) is 24.3. The molecule has 184 valence electrons. The van der Waals surface area contributed by atoms with E-state index in [4.69, 9.17) is 14.5 Å². The molecule has 9 nitrogen and oxygen atoms in total. The van der Waals surface area contributed by atoms with Gasteiger partial charge in [0, 0.05) is 54.9 Å². The van der Waals surface area contributed by atoms with Crippen LogP contribution < -0.4 is 15.1 Å². The number of carbonyl (C=O) groups excluding carboxylic acids is 1. The van der Waals surface area contributed by atoms with Gasteiger partial charge in [0.15, 0.2) is 0 Å². The van der Waals surface area contributed by atoms with Crippen molar-refractivity contribution in [1.82, 2.24) is 15.0 Å². The first-order valence-corrected chi connectivity index (χ1v) is 12.3. The number of amides is 1.